The van der Waals surface area contributed by atoms with Gasteiger partial charge in [0.15, 0.2) is 0 Å². The number of rotatable bonds is 4. The summed E-state index contributed by atoms with van der Waals surface area (Å²) >= 11 is 0. The Morgan fingerprint density at radius 3 is 2.59 bits per heavy atom. The monoisotopic (exact) mass is 393 g/mol. The van der Waals surface area contributed by atoms with Gasteiger partial charge in [-0.05, 0) is 44.2 Å². The third-order valence-corrected chi connectivity index (χ3v) is 5.01. The van der Waals surface area contributed by atoms with Crippen molar-refractivity contribution in [2.24, 2.45) is 7.05 Å². The molecule has 0 atom stereocenters. The number of fused-ring (bicyclic) bond motifs is 1. The molecule has 0 unspecified atom stereocenters. The smallest absolute Gasteiger partial charge is 0.272 e. The molecule has 0 fully saturated rings. The maximum absolute atomic E-state index is 13.3. The first kappa shape index (κ1) is 18.7. The van der Waals surface area contributed by atoms with Gasteiger partial charge in [-0.1, -0.05) is 0 Å². The number of benzene rings is 1. The molecule has 29 heavy (non-hydrogen) atoms. The minimum atomic E-state index is -0.337. The van der Waals surface area contributed by atoms with Crippen molar-refractivity contribution in [3.63, 3.8) is 0 Å². The third-order valence-electron chi connectivity index (χ3n) is 5.01. The highest BCUT2D eigenvalue weighted by molar-refractivity contribution is 5.94. The SMILES string of the molecule is Cc1nn(C)c(C)c1CN(C)C(=O)c1cc(-c2ccc(F)cc2)nc2ncnn12. The van der Waals surface area contributed by atoms with E-state index in [0.717, 1.165) is 17.0 Å². The van der Waals surface area contributed by atoms with E-state index in [1.807, 2.05) is 20.9 Å². The van der Waals surface area contributed by atoms with E-state index in [1.165, 1.54) is 23.0 Å². The molecule has 0 bridgehead atoms. The molecule has 148 valence electrons. The molecule has 0 aliphatic rings. The number of carbonyl (C=O) groups is 1. The van der Waals surface area contributed by atoms with Crippen LogP contribution in [0.2, 0.25) is 0 Å². The normalized spacial score (nSPS) is 11.2. The molecule has 1 amide bonds. The Balaban J connectivity index is 1.73. The summed E-state index contributed by atoms with van der Waals surface area (Å²) in [6.07, 6.45) is 1.35. The summed E-state index contributed by atoms with van der Waals surface area (Å²) in [7, 11) is 3.61. The lowest BCUT2D eigenvalue weighted by molar-refractivity contribution is 0.0776. The van der Waals surface area contributed by atoms with Crippen molar-refractivity contribution in [1.29, 1.82) is 0 Å². The van der Waals surface area contributed by atoms with Crippen LogP contribution in [0.5, 0.6) is 0 Å². The van der Waals surface area contributed by atoms with E-state index in [9.17, 15) is 9.18 Å². The molecule has 0 aliphatic carbocycles. The van der Waals surface area contributed by atoms with Crippen LogP contribution in [-0.2, 0) is 13.6 Å². The van der Waals surface area contributed by atoms with Crippen molar-refractivity contribution >= 4 is 11.7 Å². The van der Waals surface area contributed by atoms with Crippen LogP contribution in [0.3, 0.4) is 0 Å². The van der Waals surface area contributed by atoms with E-state index >= 15 is 0 Å². The second kappa shape index (κ2) is 7.08. The first-order chi connectivity index (χ1) is 13.8. The minimum absolute atomic E-state index is 0.228. The number of aromatic nitrogens is 6. The lowest BCUT2D eigenvalue weighted by Gasteiger charge is -2.18. The Kier molecular flexibility index (Phi) is 4.57. The van der Waals surface area contributed by atoms with Gasteiger partial charge in [0.25, 0.3) is 11.7 Å². The van der Waals surface area contributed by atoms with Crippen LogP contribution in [0.15, 0.2) is 36.7 Å². The van der Waals surface area contributed by atoms with Crippen LogP contribution in [0.4, 0.5) is 4.39 Å². The van der Waals surface area contributed by atoms with Crippen LogP contribution in [-0.4, -0.2) is 47.2 Å². The first-order valence-corrected chi connectivity index (χ1v) is 9.06. The van der Waals surface area contributed by atoms with Gasteiger partial charge in [-0.2, -0.15) is 19.7 Å². The molecule has 8 nitrogen and oxygen atoms in total. The van der Waals surface area contributed by atoms with E-state index in [1.54, 1.807) is 34.8 Å². The number of nitrogens with zero attached hydrogens (tertiary/aromatic N) is 7. The molecule has 4 rings (SSSR count). The Morgan fingerprint density at radius 2 is 1.93 bits per heavy atom. The molecule has 0 N–H and O–H groups in total. The summed E-state index contributed by atoms with van der Waals surface area (Å²) in [6, 6.07) is 7.59. The summed E-state index contributed by atoms with van der Waals surface area (Å²) in [4.78, 5) is 23.4. The second-order valence-corrected chi connectivity index (χ2v) is 6.94. The highest BCUT2D eigenvalue weighted by atomic mass is 19.1. The molecule has 1 aromatic carbocycles. The highest BCUT2D eigenvalue weighted by Gasteiger charge is 2.21. The van der Waals surface area contributed by atoms with Crippen LogP contribution in [0.25, 0.3) is 17.0 Å². The van der Waals surface area contributed by atoms with Gasteiger partial charge < -0.3 is 4.90 Å². The number of carbonyl (C=O) groups excluding carboxylic acids is 1. The molecular weight excluding hydrogens is 373 g/mol. The summed E-state index contributed by atoms with van der Waals surface area (Å²) in [6.45, 7) is 4.31. The van der Waals surface area contributed by atoms with Gasteiger partial charge in [0.1, 0.15) is 17.8 Å². The Bertz CT molecular complexity index is 1210. The van der Waals surface area contributed by atoms with Gasteiger partial charge in [-0.15, -0.1) is 0 Å². The number of aryl methyl sites for hydroxylation is 2. The first-order valence-electron chi connectivity index (χ1n) is 9.06. The number of hydrogen-bond donors (Lipinski definition) is 0. The quantitative estimate of drug-likeness (QED) is 0.532. The Hall–Kier alpha value is -3.62. The van der Waals surface area contributed by atoms with Crippen molar-refractivity contribution in [3.05, 3.63) is 65.1 Å². The van der Waals surface area contributed by atoms with Crippen LogP contribution in [0, 0.1) is 19.7 Å². The van der Waals surface area contributed by atoms with Crippen molar-refractivity contribution < 1.29 is 9.18 Å². The fourth-order valence-corrected chi connectivity index (χ4v) is 3.28. The fourth-order valence-electron chi connectivity index (χ4n) is 3.28. The molecule has 0 radical (unpaired) electrons. The van der Waals surface area contributed by atoms with Crippen LogP contribution in [0.1, 0.15) is 27.4 Å². The van der Waals surface area contributed by atoms with Crippen LogP contribution < -0.4 is 0 Å². The summed E-state index contributed by atoms with van der Waals surface area (Å²) in [5.74, 6) is -0.262. The van der Waals surface area contributed by atoms with Gasteiger partial charge in [-0.3, -0.25) is 9.48 Å². The molecular formula is C20H20FN7O. The fraction of sp³-hybridized carbons (Fsp3) is 0.250. The topological polar surface area (TPSA) is 81.2 Å². The van der Waals surface area contributed by atoms with Crippen molar-refractivity contribution in [1.82, 2.24) is 34.3 Å². The Morgan fingerprint density at radius 1 is 1.21 bits per heavy atom. The highest BCUT2D eigenvalue weighted by Crippen LogP contribution is 2.21. The third kappa shape index (κ3) is 3.35. The Labute approximate surface area is 166 Å². The molecule has 9 heteroatoms. The summed E-state index contributed by atoms with van der Waals surface area (Å²) in [5.41, 5.74) is 4.44. The minimum Gasteiger partial charge on any atom is -0.336 e. The van der Waals surface area contributed by atoms with Crippen molar-refractivity contribution in [3.8, 4) is 11.3 Å². The lowest BCUT2D eigenvalue weighted by atomic mass is 10.1. The maximum atomic E-state index is 13.3. The number of hydrogen-bond acceptors (Lipinski definition) is 5. The zero-order valence-electron chi connectivity index (χ0n) is 16.6. The summed E-state index contributed by atoms with van der Waals surface area (Å²) < 4.78 is 16.5. The van der Waals surface area contributed by atoms with Gasteiger partial charge in [0.05, 0.1) is 11.4 Å². The average Bonchev–Trinajstić information content (AvgIpc) is 3.27. The van der Waals surface area contributed by atoms with E-state index in [4.69, 9.17) is 0 Å². The molecule has 0 saturated carbocycles. The predicted octanol–water partition coefficient (Wildman–Crippen LogP) is 2.55. The number of amides is 1. The molecule has 3 aromatic heterocycles. The van der Waals surface area contributed by atoms with Gasteiger partial charge in [0, 0.05) is 37.5 Å². The van der Waals surface area contributed by atoms with Gasteiger partial charge in [-0.25, -0.2) is 9.37 Å². The predicted molar refractivity (Wildman–Crippen MR) is 105 cm³/mol. The molecule has 0 saturated heterocycles. The summed E-state index contributed by atoms with van der Waals surface area (Å²) in [5, 5.41) is 8.55. The van der Waals surface area contributed by atoms with E-state index in [0.29, 0.717) is 29.3 Å². The van der Waals surface area contributed by atoms with Crippen LogP contribution >= 0.6 is 0 Å². The molecule has 0 spiro atoms. The van der Waals surface area contributed by atoms with Gasteiger partial charge in [0.2, 0.25) is 0 Å². The van der Waals surface area contributed by atoms with Gasteiger partial charge >= 0.3 is 0 Å². The zero-order valence-corrected chi connectivity index (χ0v) is 16.6. The average molecular weight is 393 g/mol. The van der Waals surface area contributed by atoms with Crippen molar-refractivity contribution in [2.45, 2.75) is 20.4 Å². The van der Waals surface area contributed by atoms with E-state index < -0.39 is 0 Å². The van der Waals surface area contributed by atoms with E-state index in [-0.39, 0.29) is 11.7 Å². The largest absolute Gasteiger partial charge is 0.336 e. The van der Waals surface area contributed by atoms with Crippen molar-refractivity contribution in [2.75, 3.05) is 7.05 Å². The molecule has 4 aromatic rings. The molecule has 3 heterocycles. The molecule has 0 aliphatic heterocycles. The zero-order chi connectivity index (χ0) is 20.7. The van der Waals surface area contributed by atoms with E-state index in [2.05, 4.69) is 20.2 Å². The lowest BCUT2D eigenvalue weighted by Crippen LogP contribution is -2.29. The standard InChI is InChI=1S/C20H20FN7O/c1-12-16(13(2)27(4)25-12)10-26(3)19(29)18-9-17(14-5-7-15(21)8-6-14)24-20-22-11-23-28(18)20/h5-9,11H,10H2,1-4H3. The maximum Gasteiger partial charge on any atom is 0.272 e. The second-order valence-electron chi connectivity index (χ2n) is 6.94. The number of halogens is 1.